The fourth-order valence-electron chi connectivity index (χ4n) is 8.76. The lowest BCUT2D eigenvalue weighted by atomic mass is 10.0. The van der Waals surface area contributed by atoms with Crippen LogP contribution in [-0.4, -0.2) is 37.2 Å². The van der Waals surface area contributed by atoms with Crippen molar-refractivity contribution in [3.8, 4) is 0 Å². The highest BCUT2D eigenvalue weighted by molar-refractivity contribution is 5.71. The Labute approximate surface area is 511 Å². The fraction of sp³-hybridized carbons (Fsp3) is 0.597. The molecule has 0 spiro atoms. The van der Waals surface area contributed by atoms with E-state index in [1.165, 1.54) is 64.2 Å². The minimum atomic E-state index is -0.812. The SMILES string of the molecule is CC/C=C\C/C=C\C/C=C\C/C=C\C/C=C\C/C=C\C/C=C\C/C=C\C/C=C\CCCCCCCC(=O)OCC(COC(=O)CCCCCCCCCCCCCCC)OC(=O)CCCCC/C=C\C/C=C\C/C=C\C/C=C\C/C=C\CC. The monoisotopic (exact) mass is 1140 g/mol. The first-order chi connectivity index (χ1) is 41.0. The molecular formula is C77H122O6. The van der Waals surface area contributed by atoms with E-state index in [-0.39, 0.29) is 37.5 Å². The summed E-state index contributed by atoms with van der Waals surface area (Å²) in [4.78, 5) is 38.3. The van der Waals surface area contributed by atoms with E-state index in [0.29, 0.717) is 19.3 Å². The molecule has 466 valence electrons. The first kappa shape index (κ1) is 77.8. The smallest absolute Gasteiger partial charge is 0.306 e. The van der Waals surface area contributed by atoms with Crippen molar-refractivity contribution in [3.05, 3.63) is 170 Å². The highest BCUT2D eigenvalue weighted by atomic mass is 16.6. The summed E-state index contributed by atoms with van der Waals surface area (Å²) in [6, 6.07) is 0. The Morgan fingerprint density at radius 1 is 0.253 bits per heavy atom. The highest BCUT2D eigenvalue weighted by Crippen LogP contribution is 2.15. The van der Waals surface area contributed by atoms with E-state index in [0.717, 1.165) is 167 Å². The number of esters is 3. The number of ether oxygens (including phenoxy) is 3. The summed E-state index contributed by atoms with van der Waals surface area (Å²) in [5.74, 6) is -0.956. The Kier molecular flexibility index (Phi) is 64.9. The zero-order valence-corrected chi connectivity index (χ0v) is 53.4. The van der Waals surface area contributed by atoms with Crippen molar-refractivity contribution in [2.75, 3.05) is 13.2 Å². The molecule has 1 unspecified atom stereocenters. The van der Waals surface area contributed by atoms with Crippen LogP contribution >= 0.6 is 0 Å². The largest absolute Gasteiger partial charge is 0.462 e. The number of carbonyl (C=O) groups excluding carboxylic acids is 3. The molecule has 0 aliphatic carbocycles. The lowest BCUT2D eigenvalue weighted by Crippen LogP contribution is -2.30. The van der Waals surface area contributed by atoms with Crippen LogP contribution in [0.25, 0.3) is 0 Å². The van der Waals surface area contributed by atoms with Gasteiger partial charge in [0.1, 0.15) is 13.2 Å². The Morgan fingerprint density at radius 2 is 0.470 bits per heavy atom. The van der Waals surface area contributed by atoms with Gasteiger partial charge in [-0.25, -0.2) is 0 Å². The van der Waals surface area contributed by atoms with Crippen molar-refractivity contribution in [2.45, 2.75) is 284 Å². The molecule has 6 nitrogen and oxygen atoms in total. The molecule has 6 heteroatoms. The third kappa shape index (κ3) is 67.4. The van der Waals surface area contributed by atoms with Crippen LogP contribution in [0.15, 0.2) is 170 Å². The van der Waals surface area contributed by atoms with Crippen molar-refractivity contribution in [3.63, 3.8) is 0 Å². The maximum absolute atomic E-state index is 12.9. The van der Waals surface area contributed by atoms with Gasteiger partial charge in [0, 0.05) is 19.3 Å². The molecule has 0 aromatic carbocycles. The van der Waals surface area contributed by atoms with Gasteiger partial charge in [0.15, 0.2) is 6.10 Å². The van der Waals surface area contributed by atoms with Gasteiger partial charge in [0.25, 0.3) is 0 Å². The molecule has 83 heavy (non-hydrogen) atoms. The van der Waals surface area contributed by atoms with Crippen LogP contribution in [-0.2, 0) is 28.6 Å². The van der Waals surface area contributed by atoms with Gasteiger partial charge in [0.05, 0.1) is 0 Å². The van der Waals surface area contributed by atoms with Crippen molar-refractivity contribution < 1.29 is 28.6 Å². The van der Waals surface area contributed by atoms with E-state index < -0.39 is 6.10 Å². The zero-order chi connectivity index (χ0) is 59.9. The van der Waals surface area contributed by atoms with Gasteiger partial charge in [-0.2, -0.15) is 0 Å². The maximum atomic E-state index is 12.9. The third-order valence-corrected chi connectivity index (χ3v) is 13.7. The fourth-order valence-corrected chi connectivity index (χ4v) is 8.76. The van der Waals surface area contributed by atoms with Crippen molar-refractivity contribution in [2.24, 2.45) is 0 Å². The molecule has 0 fully saturated rings. The highest BCUT2D eigenvalue weighted by Gasteiger charge is 2.19. The number of carbonyl (C=O) groups is 3. The van der Waals surface area contributed by atoms with Crippen LogP contribution < -0.4 is 0 Å². The van der Waals surface area contributed by atoms with Crippen LogP contribution in [0, 0.1) is 0 Å². The van der Waals surface area contributed by atoms with Crippen LogP contribution in [0.2, 0.25) is 0 Å². The summed E-state index contributed by atoms with van der Waals surface area (Å²) in [6.45, 7) is 6.37. The summed E-state index contributed by atoms with van der Waals surface area (Å²) in [7, 11) is 0. The summed E-state index contributed by atoms with van der Waals surface area (Å²) < 4.78 is 16.9. The van der Waals surface area contributed by atoms with Crippen molar-refractivity contribution in [1.82, 2.24) is 0 Å². The number of hydrogen-bond acceptors (Lipinski definition) is 6. The Bertz CT molecular complexity index is 1890. The van der Waals surface area contributed by atoms with E-state index >= 15 is 0 Å². The summed E-state index contributed by atoms with van der Waals surface area (Å²) in [5.41, 5.74) is 0. The van der Waals surface area contributed by atoms with Crippen LogP contribution in [0.5, 0.6) is 0 Å². The van der Waals surface area contributed by atoms with Gasteiger partial charge < -0.3 is 14.2 Å². The van der Waals surface area contributed by atoms with Gasteiger partial charge in [-0.15, -0.1) is 0 Å². The molecule has 0 amide bonds. The zero-order valence-electron chi connectivity index (χ0n) is 53.4. The molecule has 0 heterocycles. The molecule has 1 atom stereocenters. The molecule has 0 bridgehead atoms. The van der Waals surface area contributed by atoms with Crippen LogP contribution in [0.4, 0.5) is 0 Å². The van der Waals surface area contributed by atoms with Crippen molar-refractivity contribution in [1.29, 1.82) is 0 Å². The molecule has 0 saturated heterocycles. The predicted octanol–water partition coefficient (Wildman–Crippen LogP) is 23.4. The lowest BCUT2D eigenvalue weighted by Gasteiger charge is -2.18. The molecule has 0 saturated carbocycles. The molecule has 0 aliphatic heterocycles. The Morgan fingerprint density at radius 3 is 0.747 bits per heavy atom. The molecule has 0 N–H and O–H groups in total. The van der Waals surface area contributed by atoms with Crippen LogP contribution in [0.3, 0.4) is 0 Å². The van der Waals surface area contributed by atoms with Crippen LogP contribution in [0.1, 0.15) is 278 Å². The van der Waals surface area contributed by atoms with Gasteiger partial charge in [-0.1, -0.05) is 294 Å². The summed E-state index contributed by atoms with van der Waals surface area (Å²) >= 11 is 0. The van der Waals surface area contributed by atoms with Gasteiger partial charge in [-0.05, 0) is 135 Å². The van der Waals surface area contributed by atoms with E-state index in [2.05, 4.69) is 191 Å². The van der Waals surface area contributed by atoms with E-state index in [4.69, 9.17) is 14.2 Å². The average molecular weight is 1140 g/mol. The quantitative estimate of drug-likeness (QED) is 0.0261. The molecule has 0 aliphatic rings. The van der Waals surface area contributed by atoms with E-state index in [1.807, 2.05) is 0 Å². The Balaban J connectivity index is 4.40. The molecular weight excluding hydrogens is 1020 g/mol. The van der Waals surface area contributed by atoms with Gasteiger partial charge in [-0.3, -0.25) is 14.4 Å². The summed E-state index contributed by atoms with van der Waals surface area (Å²) in [6.07, 6.45) is 102. The predicted molar refractivity (Wildman–Crippen MR) is 361 cm³/mol. The normalized spacial score (nSPS) is 13.2. The minimum Gasteiger partial charge on any atom is -0.462 e. The molecule has 0 radical (unpaired) electrons. The maximum Gasteiger partial charge on any atom is 0.306 e. The Hall–Kier alpha value is -5.23. The second kappa shape index (κ2) is 69.3. The van der Waals surface area contributed by atoms with Gasteiger partial charge >= 0.3 is 17.9 Å². The number of rotatable bonds is 59. The van der Waals surface area contributed by atoms with Crippen molar-refractivity contribution >= 4 is 17.9 Å². The topological polar surface area (TPSA) is 78.9 Å². The van der Waals surface area contributed by atoms with E-state index in [1.54, 1.807) is 0 Å². The van der Waals surface area contributed by atoms with E-state index in [9.17, 15) is 14.4 Å². The number of unbranched alkanes of at least 4 members (excludes halogenated alkanes) is 20. The lowest BCUT2D eigenvalue weighted by molar-refractivity contribution is -0.167. The first-order valence-corrected chi connectivity index (χ1v) is 33.6. The second-order valence-corrected chi connectivity index (χ2v) is 21.6. The second-order valence-electron chi connectivity index (χ2n) is 21.6. The third-order valence-electron chi connectivity index (χ3n) is 13.7. The molecule has 0 aromatic heterocycles. The number of hydrogen-bond donors (Lipinski definition) is 0. The molecule has 0 rings (SSSR count). The minimum absolute atomic E-state index is 0.102. The summed E-state index contributed by atoms with van der Waals surface area (Å²) in [5, 5.41) is 0. The average Bonchev–Trinajstić information content (AvgIpc) is 3.49. The number of allylic oxidation sites excluding steroid dienone is 28. The first-order valence-electron chi connectivity index (χ1n) is 33.6. The standard InChI is InChI=1S/C77H122O6/c1-4-7-10-13-16-19-22-25-27-29-31-32-33-34-35-36-37-38-39-40-41-42-43-44-46-47-49-52-55-58-61-64-67-70-76(79)82-73-74(72-81-75(78)69-66-63-60-57-54-51-24-21-18-15-12-9-6-3)83-77(80)71-68-65-62-59-56-53-50-48-45-30-28-26-23-20-17-14-11-8-5-2/h7-8,10-11,16-17,19-20,25-28,31-32,34-35,37-38,40-41,43-45,47-49,53,56,74H,4-6,9,12-15,18,21-24,29-30,33,36,39,42,46,50-52,54-55,57-73H2,1-3H3/b10-7-,11-8-,19-16-,20-17-,27-25-,28-26-,32-31-,35-34-,38-37-,41-40-,44-43-,48-45-,49-47-,56-53-. The van der Waals surface area contributed by atoms with Gasteiger partial charge in [0.2, 0.25) is 0 Å². The molecule has 0 aromatic rings.